The van der Waals surface area contributed by atoms with Crippen molar-refractivity contribution in [2.45, 2.75) is 27.4 Å². The summed E-state index contributed by atoms with van der Waals surface area (Å²) in [7, 11) is 1.70. The number of ether oxygens (including phenoxy) is 1. The molecular weight excluding hydrogens is 328 g/mol. The first-order valence-electron chi connectivity index (χ1n) is 8.77. The molecule has 0 saturated heterocycles. The van der Waals surface area contributed by atoms with Crippen LogP contribution >= 0.6 is 0 Å². The van der Waals surface area contributed by atoms with Gasteiger partial charge in [-0.15, -0.1) is 0 Å². The lowest BCUT2D eigenvalue weighted by atomic mass is 9.90. The number of hydrogen-bond acceptors (Lipinski definition) is 3. The third-order valence-electron chi connectivity index (χ3n) is 4.78. The zero-order valence-corrected chi connectivity index (χ0v) is 15.7. The van der Waals surface area contributed by atoms with Crippen molar-refractivity contribution in [2.75, 3.05) is 23.4 Å². The molecule has 0 aromatic heterocycles. The van der Waals surface area contributed by atoms with E-state index in [9.17, 15) is 9.59 Å². The van der Waals surface area contributed by atoms with Gasteiger partial charge in [0.15, 0.2) is 0 Å². The normalized spacial score (nSPS) is 16.3. The summed E-state index contributed by atoms with van der Waals surface area (Å²) in [6, 6.07) is 15.4. The van der Waals surface area contributed by atoms with Gasteiger partial charge in [0.2, 0.25) is 11.8 Å². The van der Waals surface area contributed by atoms with Gasteiger partial charge in [-0.05, 0) is 38.5 Å². The van der Waals surface area contributed by atoms with E-state index in [2.05, 4.69) is 0 Å². The first kappa shape index (κ1) is 18.0. The van der Waals surface area contributed by atoms with Crippen LogP contribution in [-0.4, -0.2) is 25.4 Å². The molecule has 0 unspecified atom stereocenters. The second-order valence-electron chi connectivity index (χ2n) is 6.94. The minimum atomic E-state index is -1.12. The lowest BCUT2D eigenvalue weighted by Gasteiger charge is -2.27. The number of benzene rings is 2. The predicted octanol–water partition coefficient (Wildman–Crippen LogP) is 3.62. The molecule has 2 aromatic carbocycles. The Morgan fingerprint density at radius 1 is 0.962 bits per heavy atom. The van der Waals surface area contributed by atoms with Gasteiger partial charge in [-0.2, -0.15) is 0 Å². The van der Waals surface area contributed by atoms with Gasteiger partial charge in [-0.25, -0.2) is 0 Å². The molecule has 0 N–H and O–H groups in total. The molecule has 1 aliphatic rings. The topological polar surface area (TPSA) is 49.9 Å². The molecule has 26 heavy (non-hydrogen) atoms. The minimum Gasteiger partial charge on any atom is -0.487 e. The molecule has 1 heterocycles. The Labute approximate surface area is 154 Å². The van der Waals surface area contributed by atoms with Gasteiger partial charge in [-0.3, -0.25) is 9.59 Å². The van der Waals surface area contributed by atoms with Gasteiger partial charge in [0, 0.05) is 13.6 Å². The van der Waals surface area contributed by atoms with Gasteiger partial charge in [0.25, 0.3) is 0 Å². The molecular formula is C21H24N2O3. The molecule has 136 valence electrons. The van der Waals surface area contributed by atoms with E-state index >= 15 is 0 Å². The predicted molar refractivity (Wildman–Crippen MR) is 102 cm³/mol. The second kappa shape index (κ2) is 6.83. The third-order valence-corrected chi connectivity index (χ3v) is 4.78. The average Bonchev–Trinajstić information content (AvgIpc) is 2.71. The van der Waals surface area contributed by atoms with E-state index in [1.807, 2.05) is 55.5 Å². The Hall–Kier alpha value is -2.82. The van der Waals surface area contributed by atoms with Crippen LogP contribution in [0.3, 0.4) is 0 Å². The highest BCUT2D eigenvalue weighted by Gasteiger charge is 2.45. The number of para-hydroxylation sites is 1. The average molecular weight is 352 g/mol. The fourth-order valence-electron chi connectivity index (χ4n) is 3.27. The van der Waals surface area contributed by atoms with E-state index in [0.29, 0.717) is 30.3 Å². The van der Waals surface area contributed by atoms with Crippen LogP contribution in [0.1, 0.15) is 26.3 Å². The van der Waals surface area contributed by atoms with E-state index in [1.165, 1.54) is 0 Å². The maximum Gasteiger partial charge on any atom is 0.242 e. The Kier molecular flexibility index (Phi) is 4.72. The highest BCUT2D eigenvalue weighted by Crippen LogP contribution is 2.43. The fraction of sp³-hybridized carbons (Fsp3) is 0.333. The molecule has 0 saturated carbocycles. The molecule has 0 spiro atoms. The second-order valence-corrected chi connectivity index (χ2v) is 6.94. The minimum absolute atomic E-state index is 0.216. The van der Waals surface area contributed by atoms with Gasteiger partial charge in [0.1, 0.15) is 23.5 Å². The van der Waals surface area contributed by atoms with Crippen LogP contribution in [0.15, 0.2) is 48.5 Å². The summed E-state index contributed by atoms with van der Waals surface area (Å²) in [5.74, 6) is 0.158. The SMILES string of the molecule is CCN1C(=O)C(C)(C)C(=O)N(C)c2cccc(OCc3ccccc3)c21. The Morgan fingerprint density at radius 3 is 2.31 bits per heavy atom. The van der Waals surface area contributed by atoms with Gasteiger partial charge in [-0.1, -0.05) is 36.4 Å². The number of rotatable bonds is 4. The van der Waals surface area contributed by atoms with E-state index in [0.717, 1.165) is 5.56 Å². The molecule has 0 bridgehead atoms. The smallest absolute Gasteiger partial charge is 0.242 e. The molecule has 0 atom stereocenters. The molecule has 3 rings (SSSR count). The number of hydrogen-bond donors (Lipinski definition) is 0. The highest BCUT2D eigenvalue weighted by atomic mass is 16.5. The van der Waals surface area contributed by atoms with E-state index < -0.39 is 5.41 Å². The number of amides is 2. The lowest BCUT2D eigenvalue weighted by molar-refractivity contribution is -0.137. The molecule has 1 aliphatic heterocycles. The summed E-state index contributed by atoms with van der Waals surface area (Å²) in [6.45, 7) is 6.11. The lowest BCUT2D eigenvalue weighted by Crippen LogP contribution is -2.47. The Balaban J connectivity index is 2.06. The van der Waals surface area contributed by atoms with Crippen molar-refractivity contribution < 1.29 is 14.3 Å². The van der Waals surface area contributed by atoms with E-state index in [1.54, 1.807) is 30.7 Å². The fourth-order valence-corrected chi connectivity index (χ4v) is 3.27. The molecule has 2 aromatic rings. The zero-order chi connectivity index (χ0) is 18.9. The van der Waals surface area contributed by atoms with Crippen molar-refractivity contribution in [3.8, 4) is 5.75 Å². The number of carbonyl (C=O) groups is 2. The summed E-state index contributed by atoms with van der Waals surface area (Å²) in [6.07, 6.45) is 0. The Bertz CT molecular complexity index is 830. The quantitative estimate of drug-likeness (QED) is 0.790. The van der Waals surface area contributed by atoms with Crippen LogP contribution in [0.25, 0.3) is 0 Å². The van der Waals surface area contributed by atoms with Crippen LogP contribution < -0.4 is 14.5 Å². The summed E-state index contributed by atoms with van der Waals surface area (Å²) in [5, 5.41) is 0. The molecule has 0 aliphatic carbocycles. The maximum absolute atomic E-state index is 13.1. The number of nitrogens with zero attached hydrogens (tertiary/aromatic N) is 2. The molecule has 5 heteroatoms. The van der Waals surface area contributed by atoms with Crippen LogP contribution in [-0.2, 0) is 16.2 Å². The number of carbonyl (C=O) groups excluding carboxylic acids is 2. The van der Waals surface area contributed by atoms with Crippen molar-refractivity contribution in [2.24, 2.45) is 5.41 Å². The van der Waals surface area contributed by atoms with Crippen molar-refractivity contribution in [3.63, 3.8) is 0 Å². The largest absolute Gasteiger partial charge is 0.487 e. The van der Waals surface area contributed by atoms with E-state index in [-0.39, 0.29) is 11.8 Å². The molecule has 5 nitrogen and oxygen atoms in total. The van der Waals surface area contributed by atoms with Crippen LogP contribution in [0, 0.1) is 5.41 Å². The zero-order valence-electron chi connectivity index (χ0n) is 15.7. The number of anilines is 2. The monoisotopic (exact) mass is 352 g/mol. The Morgan fingerprint density at radius 2 is 1.65 bits per heavy atom. The highest BCUT2D eigenvalue weighted by molar-refractivity contribution is 6.20. The standard InChI is InChI=1S/C21H24N2O3/c1-5-23-18-16(22(4)19(24)21(2,3)20(23)25)12-9-13-17(18)26-14-15-10-7-6-8-11-15/h6-13H,5,14H2,1-4H3. The van der Waals surface area contributed by atoms with Crippen molar-refractivity contribution in [3.05, 3.63) is 54.1 Å². The first-order chi connectivity index (χ1) is 12.4. The summed E-state index contributed by atoms with van der Waals surface area (Å²) in [5.41, 5.74) is 1.25. The van der Waals surface area contributed by atoms with Crippen molar-refractivity contribution in [1.29, 1.82) is 0 Å². The van der Waals surface area contributed by atoms with E-state index in [4.69, 9.17) is 4.74 Å². The summed E-state index contributed by atoms with van der Waals surface area (Å²) < 4.78 is 6.05. The van der Waals surface area contributed by atoms with Crippen molar-refractivity contribution in [1.82, 2.24) is 0 Å². The van der Waals surface area contributed by atoms with Crippen LogP contribution in [0.5, 0.6) is 5.75 Å². The molecule has 0 radical (unpaired) electrons. The summed E-state index contributed by atoms with van der Waals surface area (Å²) >= 11 is 0. The third kappa shape index (κ3) is 2.94. The first-order valence-corrected chi connectivity index (χ1v) is 8.77. The summed E-state index contributed by atoms with van der Waals surface area (Å²) in [4.78, 5) is 29.1. The van der Waals surface area contributed by atoms with Gasteiger partial charge >= 0.3 is 0 Å². The van der Waals surface area contributed by atoms with Gasteiger partial charge in [0.05, 0.1) is 5.69 Å². The van der Waals surface area contributed by atoms with Crippen molar-refractivity contribution >= 4 is 23.2 Å². The number of fused-ring (bicyclic) bond motifs is 1. The maximum atomic E-state index is 13.1. The van der Waals surface area contributed by atoms with Gasteiger partial charge < -0.3 is 14.5 Å². The molecule has 2 amide bonds. The van der Waals surface area contributed by atoms with Crippen LogP contribution in [0.2, 0.25) is 0 Å². The molecule has 0 fully saturated rings. The van der Waals surface area contributed by atoms with Crippen LogP contribution in [0.4, 0.5) is 11.4 Å².